The van der Waals surface area contributed by atoms with E-state index in [4.69, 9.17) is 5.73 Å². The van der Waals surface area contributed by atoms with Gasteiger partial charge in [-0.15, -0.1) is 0 Å². The molecule has 0 saturated heterocycles. The van der Waals surface area contributed by atoms with Gasteiger partial charge < -0.3 is 11.1 Å². The van der Waals surface area contributed by atoms with E-state index in [1.165, 1.54) is 30.9 Å². The summed E-state index contributed by atoms with van der Waals surface area (Å²) in [5.74, 6) is 0. The average Bonchev–Trinajstić information content (AvgIpc) is 2.38. The Bertz CT molecular complexity index is 628. The van der Waals surface area contributed by atoms with Crippen molar-refractivity contribution in [2.24, 2.45) is 5.73 Å². The number of halogens is 3. The number of thiocarbonyl (C=S) groups is 1. The van der Waals surface area contributed by atoms with Gasteiger partial charge in [0.2, 0.25) is 0 Å². The summed E-state index contributed by atoms with van der Waals surface area (Å²) < 4.78 is 38.4. The van der Waals surface area contributed by atoms with Gasteiger partial charge in [-0.1, -0.05) is 12.2 Å². The quantitative estimate of drug-likeness (QED) is 0.853. The standard InChI is InChI=1S/C12H9F3N4S/c13-12(14,15)10-2-1-7(3-9(10)11(16)20)19-8-4-17-6-18-5-8/h1-6,19H,(H2,16,20). The second-order valence-electron chi connectivity index (χ2n) is 3.87. The van der Waals surface area contributed by atoms with E-state index in [0.717, 1.165) is 6.07 Å². The second-order valence-corrected chi connectivity index (χ2v) is 4.31. The second kappa shape index (κ2) is 5.41. The molecule has 0 aliphatic rings. The Morgan fingerprint density at radius 1 is 1.15 bits per heavy atom. The van der Waals surface area contributed by atoms with Crippen LogP contribution in [0.1, 0.15) is 11.1 Å². The zero-order valence-electron chi connectivity index (χ0n) is 9.98. The first-order chi connectivity index (χ1) is 9.38. The van der Waals surface area contributed by atoms with Crippen molar-refractivity contribution in [3.8, 4) is 0 Å². The summed E-state index contributed by atoms with van der Waals surface area (Å²) in [6, 6.07) is 3.47. The smallest absolute Gasteiger partial charge is 0.389 e. The van der Waals surface area contributed by atoms with Gasteiger partial charge in [-0.05, 0) is 18.2 Å². The van der Waals surface area contributed by atoms with Gasteiger partial charge in [0, 0.05) is 11.3 Å². The lowest BCUT2D eigenvalue weighted by atomic mass is 10.1. The van der Waals surface area contributed by atoms with Crippen LogP contribution in [-0.2, 0) is 6.18 Å². The number of nitrogens with zero attached hydrogens (tertiary/aromatic N) is 2. The van der Waals surface area contributed by atoms with Gasteiger partial charge in [-0.3, -0.25) is 0 Å². The summed E-state index contributed by atoms with van der Waals surface area (Å²) in [7, 11) is 0. The van der Waals surface area contributed by atoms with Gasteiger partial charge in [0.15, 0.2) is 0 Å². The fraction of sp³-hybridized carbons (Fsp3) is 0.0833. The molecule has 2 rings (SSSR count). The molecule has 104 valence electrons. The predicted molar refractivity (Wildman–Crippen MR) is 72.6 cm³/mol. The molecule has 8 heteroatoms. The van der Waals surface area contributed by atoms with Crippen molar-refractivity contribution in [3.63, 3.8) is 0 Å². The number of hydrogen-bond donors (Lipinski definition) is 2. The molecule has 0 atom stereocenters. The van der Waals surface area contributed by atoms with Crippen LogP contribution in [0.25, 0.3) is 0 Å². The molecular weight excluding hydrogens is 289 g/mol. The van der Waals surface area contributed by atoms with Gasteiger partial charge in [0.25, 0.3) is 0 Å². The molecule has 0 saturated carbocycles. The Morgan fingerprint density at radius 3 is 2.35 bits per heavy atom. The molecule has 3 N–H and O–H groups in total. The third-order valence-corrected chi connectivity index (χ3v) is 2.66. The van der Waals surface area contributed by atoms with Crippen molar-refractivity contribution in [2.75, 3.05) is 5.32 Å². The monoisotopic (exact) mass is 298 g/mol. The number of benzene rings is 1. The molecule has 0 unspecified atom stereocenters. The summed E-state index contributed by atoms with van der Waals surface area (Å²) in [5.41, 5.74) is 5.22. The SMILES string of the molecule is NC(=S)c1cc(Nc2cncnc2)ccc1C(F)(F)F. The van der Waals surface area contributed by atoms with Crippen molar-refractivity contribution < 1.29 is 13.2 Å². The summed E-state index contributed by atoms with van der Waals surface area (Å²) in [6.07, 6.45) is -0.179. The molecule has 1 heterocycles. The summed E-state index contributed by atoms with van der Waals surface area (Å²) in [6.45, 7) is 0. The largest absolute Gasteiger partial charge is 0.417 e. The maximum absolute atomic E-state index is 12.8. The lowest BCUT2D eigenvalue weighted by molar-refractivity contribution is -0.137. The van der Waals surface area contributed by atoms with Crippen LogP contribution in [0, 0.1) is 0 Å². The van der Waals surface area contributed by atoms with Gasteiger partial charge >= 0.3 is 6.18 Å². The minimum Gasteiger partial charge on any atom is -0.389 e. The van der Waals surface area contributed by atoms with Crippen LogP contribution in [-0.4, -0.2) is 15.0 Å². The molecule has 0 spiro atoms. The molecule has 1 aromatic carbocycles. The third-order valence-electron chi connectivity index (χ3n) is 2.44. The fourth-order valence-electron chi connectivity index (χ4n) is 1.60. The van der Waals surface area contributed by atoms with Crippen molar-refractivity contribution >= 4 is 28.6 Å². The number of alkyl halides is 3. The van der Waals surface area contributed by atoms with E-state index in [-0.39, 0.29) is 10.6 Å². The minimum absolute atomic E-state index is 0.227. The van der Waals surface area contributed by atoms with E-state index < -0.39 is 11.7 Å². The summed E-state index contributed by atoms with van der Waals surface area (Å²) >= 11 is 4.67. The predicted octanol–water partition coefficient (Wildman–Crippen LogP) is 2.87. The molecule has 20 heavy (non-hydrogen) atoms. The highest BCUT2D eigenvalue weighted by molar-refractivity contribution is 7.80. The number of rotatable bonds is 3. The number of nitrogens with two attached hydrogens (primary N) is 1. The molecule has 0 fully saturated rings. The Balaban J connectivity index is 2.38. The highest BCUT2D eigenvalue weighted by Gasteiger charge is 2.34. The van der Waals surface area contributed by atoms with Crippen molar-refractivity contribution in [1.29, 1.82) is 0 Å². The number of nitrogens with one attached hydrogen (secondary N) is 1. The minimum atomic E-state index is -4.51. The topological polar surface area (TPSA) is 63.8 Å². The molecular formula is C12H9F3N4S. The van der Waals surface area contributed by atoms with E-state index in [1.54, 1.807) is 0 Å². The zero-order chi connectivity index (χ0) is 14.8. The van der Waals surface area contributed by atoms with Crippen LogP contribution in [0.15, 0.2) is 36.9 Å². The normalized spacial score (nSPS) is 11.2. The molecule has 0 radical (unpaired) electrons. The highest BCUT2D eigenvalue weighted by atomic mass is 32.1. The number of anilines is 2. The molecule has 2 aromatic rings. The Labute approximate surface area is 117 Å². The maximum Gasteiger partial charge on any atom is 0.417 e. The van der Waals surface area contributed by atoms with Crippen LogP contribution in [0.4, 0.5) is 24.5 Å². The van der Waals surface area contributed by atoms with E-state index in [0.29, 0.717) is 11.4 Å². The van der Waals surface area contributed by atoms with Crippen LogP contribution in [0.5, 0.6) is 0 Å². The molecule has 0 aliphatic heterocycles. The van der Waals surface area contributed by atoms with Crippen LogP contribution >= 0.6 is 12.2 Å². The number of aromatic nitrogens is 2. The first-order valence-corrected chi connectivity index (χ1v) is 5.82. The van der Waals surface area contributed by atoms with Gasteiger partial charge in [-0.25, -0.2) is 9.97 Å². The van der Waals surface area contributed by atoms with E-state index >= 15 is 0 Å². The Kier molecular flexibility index (Phi) is 3.84. The van der Waals surface area contributed by atoms with E-state index in [2.05, 4.69) is 27.5 Å². The Morgan fingerprint density at radius 2 is 1.80 bits per heavy atom. The molecule has 4 nitrogen and oxygen atoms in total. The lowest BCUT2D eigenvalue weighted by Crippen LogP contribution is -2.18. The highest BCUT2D eigenvalue weighted by Crippen LogP contribution is 2.33. The van der Waals surface area contributed by atoms with Crippen molar-refractivity contribution in [3.05, 3.63) is 48.0 Å². The molecule has 0 amide bonds. The van der Waals surface area contributed by atoms with E-state index in [1.807, 2.05) is 0 Å². The molecule has 0 aliphatic carbocycles. The molecule has 1 aromatic heterocycles. The summed E-state index contributed by atoms with van der Waals surface area (Å²) in [5, 5.41) is 2.87. The van der Waals surface area contributed by atoms with Crippen LogP contribution < -0.4 is 11.1 Å². The van der Waals surface area contributed by atoms with Crippen LogP contribution in [0.3, 0.4) is 0 Å². The zero-order valence-corrected chi connectivity index (χ0v) is 10.8. The van der Waals surface area contributed by atoms with Crippen molar-refractivity contribution in [1.82, 2.24) is 9.97 Å². The molecule has 0 bridgehead atoms. The van der Waals surface area contributed by atoms with Gasteiger partial charge in [0.1, 0.15) is 11.3 Å². The van der Waals surface area contributed by atoms with Gasteiger partial charge in [0.05, 0.1) is 23.6 Å². The van der Waals surface area contributed by atoms with Crippen LogP contribution in [0.2, 0.25) is 0 Å². The first-order valence-electron chi connectivity index (χ1n) is 5.41. The van der Waals surface area contributed by atoms with E-state index in [9.17, 15) is 13.2 Å². The van der Waals surface area contributed by atoms with Gasteiger partial charge in [-0.2, -0.15) is 13.2 Å². The van der Waals surface area contributed by atoms with Crippen molar-refractivity contribution in [2.45, 2.75) is 6.18 Å². The summed E-state index contributed by atoms with van der Waals surface area (Å²) in [4.78, 5) is 7.27. The first kappa shape index (κ1) is 14.2. The fourth-order valence-corrected chi connectivity index (χ4v) is 1.77. The maximum atomic E-state index is 12.8. The lowest BCUT2D eigenvalue weighted by Gasteiger charge is -2.14. The Hall–Kier alpha value is -2.22. The number of hydrogen-bond acceptors (Lipinski definition) is 4. The third kappa shape index (κ3) is 3.21. The average molecular weight is 298 g/mol.